The predicted molar refractivity (Wildman–Crippen MR) is 50.3 cm³/mol. The average Bonchev–Trinajstić information content (AvgIpc) is 2.16. The number of rotatable bonds is 4. The van der Waals surface area contributed by atoms with Gasteiger partial charge in [0.2, 0.25) is 0 Å². The number of aliphatic hydroxyl groups is 1. The maximum atomic E-state index is 12.5. The minimum Gasteiger partial charge on any atom is -0.387 e. The van der Waals surface area contributed by atoms with Crippen LogP contribution >= 0.6 is 0 Å². The highest BCUT2D eigenvalue weighted by Gasteiger charge is 2.26. The molecule has 0 amide bonds. The fourth-order valence-corrected chi connectivity index (χ4v) is 1.15. The molecule has 0 aliphatic carbocycles. The van der Waals surface area contributed by atoms with Crippen molar-refractivity contribution in [1.29, 1.82) is 0 Å². The third-order valence-electron chi connectivity index (χ3n) is 1.92. The van der Waals surface area contributed by atoms with E-state index in [1.54, 1.807) is 0 Å². The molecule has 0 aliphatic rings. The first kappa shape index (κ1) is 12.9. The zero-order valence-corrected chi connectivity index (χ0v) is 8.26. The molecule has 90 valence electrons. The van der Waals surface area contributed by atoms with E-state index >= 15 is 0 Å². The van der Waals surface area contributed by atoms with Crippen molar-refractivity contribution >= 4 is 0 Å². The highest BCUT2D eigenvalue weighted by molar-refractivity contribution is 5.18. The lowest BCUT2D eigenvalue weighted by atomic mass is 10.1. The molecule has 0 saturated carbocycles. The van der Waals surface area contributed by atoms with E-state index < -0.39 is 24.6 Å². The van der Waals surface area contributed by atoms with Crippen molar-refractivity contribution in [2.75, 3.05) is 13.1 Å². The smallest absolute Gasteiger partial charge is 0.387 e. The van der Waals surface area contributed by atoms with Crippen molar-refractivity contribution in [1.82, 2.24) is 5.32 Å². The summed E-state index contributed by atoms with van der Waals surface area (Å²) in [6, 6.07) is 4.94. The molecule has 0 heterocycles. The van der Waals surface area contributed by atoms with Crippen LogP contribution in [0.2, 0.25) is 0 Å². The van der Waals surface area contributed by atoms with E-state index in [0.717, 1.165) is 12.1 Å². The maximum Gasteiger partial charge on any atom is 0.401 e. The summed E-state index contributed by atoms with van der Waals surface area (Å²) in [4.78, 5) is 0. The Balaban J connectivity index is 2.41. The Bertz CT molecular complexity index is 323. The van der Waals surface area contributed by atoms with Gasteiger partial charge in [-0.1, -0.05) is 12.1 Å². The number of halogens is 4. The number of aliphatic hydroxyl groups excluding tert-OH is 1. The molecule has 0 bridgehead atoms. The zero-order chi connectivity index (χ0) is 12.2. The van der Waals surface area contributed by atoms with E-state index in [2.05, 4.69) is 5.32 Å². The summed E-state index contributed by atoms with van der Waals surface area (Å²) in [7, 11) is 0. The van der Waals surface area contributed by atoms with Crippen molar-refractivity contribution < 1.29 is 22.7 Å². The minimum atomic E-state index is -4.30. The number of hydrogen-bond acceptors (Lipinski definition) is 2. The lowest BCUT2D eigenvalue weighted by Crippen LogP contribution is -2.31. The SMILES string of the molecule is O[C@@H](CNCC(F)(F)F)c1ccc(F)cc1. The van der Waals surface area contributed by atoms with Crippen molar-refractivity contribution in [3.63, 3.8) is 0 Å². The van der Waals surface area contributed by atoms with E-state index in [-0.39, 0.29) is 6.54 Å². The van der Waals surface area contributed by atoms with Crippen molar-refractivity contribution in [3.05, 3.63) is 35.6 Å². The molecular formula is C10H11F4NO. The molecule has 0 radical (unpaired) electrons. The monoisotopic (exact) mass is 237 g/mol. The second-order valence-electron chi connectivity index (χ2n) is 3.31. The molecule has 0 spiro atoms. The Labute approximate surface area is 89.9 Å². The normalized spacial score (nSPS) is 13.8. The molecule has 0 aromatic heterocycles. The van der Waals surface area contributed by atoms with Crippen LogP contribution in [0.3, 0.4) is 0 Å². The fourth-order valence-electron chi connectivity index (χ4n) is 1.15. The number of hydrogen-bond donors (Lipinski definition) is 2. The Kier molecular flexibility index (Phi) is 4.26. The van der Waals surface area contributed by atoms with Crippen LogP contribution < -0.4 is 5.32 Å². The van der Waals surface area contributed by atoms with Crippen LogP contribution in [0.4, 0.5) is 17.6 Å². The molecule has 1 atom stereocenters. The van der Waals surface area contributed by atoms with Gasteiger partial charge in [0, 0.05) is 6.54 Å². The first-order valence-electron chi connectivity index (χ1n) is 4.59. The summed E-state index contributed by atoms with van der Waals surface area (Å²) in [6.45, 7) is -1.39. The summed E-state index contributed by atoms with van der Waals surface area (Å²) in [5.74, 6) is -0.459. The van der Waals surface area contributed by atoms with Crippen molar-refractivity contribution in [2.24, 2.45) is 0 Å². The molecule has 0 fully saturated rings. The third kappa shape index (κ3) is 4.59. The van der Waals surface area contributed by atoms with Gasteiger partial charge in [-0.05, 0) is 17.7 Å². The van der Waals surface area contributed by atoms with Crippen LogP contribution in [0.1, 0.15) is 11.7 Å². The quantitative estimate of drug-likeness (QED) is 0.785. The Morgan fingerprint density at radius 3 is 2.25 bits per heavy atom. The molecule has 0 unspecified atom stereocenters. The van der Waals surface area contributed by atoms with Crippen LogP contribution in [-0.4, -0.2) is 24.4 Å². The third-order valence-corrected chi connectivity index (χ3v) is 1.92. The highest BCUT2D eigenvalue weighted by Crippen LogP contribution is 2.15. The Hall–Kier alpha value is -1.14. The fraction of sp³-hybridized carbons (Fsp3) is 0.400. The van der Waals surface area contributed by atoms with Crippen LogP contribution in [0.25, 0.3) is 0 Å². The number of alkyl halides is 3. The van der Waals surface area contributed by atoms with E-state index in [1.807, 2.05) is 0 Å². The summed E-state index contributed by atoms with van der Waals surface area (Å²) in [5, 5.41) is 11.5. The molecular weight excluding hydrogens is 226 g/mol. The zero-order valence-electron chi connectivity index (χ0n) is 8.26. The van der Waals surface area contributed by atoms with Gasteiger partial charge in [-0.25, -0.2) is 4.39 Å². The molecule has 1 rings (SSSR count). The number of benzene rings is 1. The molecule has 16 heavy (non-hydrogen) atoms. The van der Waals surface area contributed by atoms with Gasteiger partial charge in [-0.2, -0.15) is 13.2 Å². The largest absolute Gasteiger partial charge is 0.401 e. The maximum absolute atomic E-state index is 12.5. The van der Waals surface area contributed by atoms with Gasteiger partial charge in [0.05, 0.1) is 12.6 Å². The first-order valence-corrected chi connectivity index (χ1v) is 4.59. The highest BCUT2D eigenvalue weighted by atomic mass is 19.4. The Morgan fingerprint density at radius 1 is 1.19 bits per heavy atom. The summed E-state index contributed by atoms with van der Waals surface area (Å²) < 4.78 is 47.8. The summed E-state index contributed by atoms with van der Waals surface area (Å²) >= 11 is 0. The molecule has 0 saturated heterocycles. The van der Waals surface area contributed by atoms with E-state index in [4.69, 9.17) is 0 Å². The molecule has 2 N–H and O–H groups in total. The molecule has 6 heteroatoms. The van der Waals surface area contributed by atoms with Crippen LogP contribution in [0.5, 0.6) is 0 Å². The molecule has 0 aliphatic heterocycles. The average molecular weight is 237 g/mol. The predicted octanol–water partition coefficient (Wildman–Crippen LogP) is 2.01. The van der Waals surface area contributed by atoms with Gasteiger partial charge in [0.25, 0.3) is 0 Å². The first-order chi connectivity index (χ1) is 7.38. The van der Waals surface area contributed by atoms with Crippen molar-refractivity contribution in [2.45, 2.75) is 12.3 Å². The van der Waals surface area contributed by atoms with Gasteiger partial charge < -0.3 is 10.4 Å². The second-order valence-corrected chi connectivity index (χ2v) is 3.31. The lowest BCUT2D eigenvalue weighted by molar-refractivity contribution is -0.125. The van der Waals surface area contributed by atoms with E-state index in [0.29, 0.717) is 5.56 Å². The standard InChI is InChI=1S/C10H11F4NO/c11-8-3-1-7(2-4-8)9(16)5-15-6-10(12,13)14/h1-4,9,15-16H,5-6H2/t9-/m0/s1. The van der Waals surface area contributed by atoms with Gasteiger partial charge >= 0.3 is 6.18 Å². The lowest BCUT2D eigenvalue weighted by Gasteiger charge is -2.13. The van der Waals surface area contributed by atoms with Crippen LogP contribution in [-0.2, 0) is 0 Å². The summed E-state index contributed by atoms with van der Waals surface area (Å²) in [6.07, 6.45) is -5.38. The van der Waals surface area contributed by atoms with Crippen LogP contribution in [0.15, 0.2) is 24.3 Å². The van der Waals surface area contributed by atoms with Gasteiger partial charge in [-0.15, -0.1) is 0 Å². The summed E-state index contributed by atoms with van der Waals surface area (Å²) in [5.41, 5.74) is 0.371. The minimum absolute atomic E-state index is 0.231. The molecule has 2 nitrogen and oxygen atoms in total. The van der Waals surface area contributed by atoms with Gasteiger partial charge in [0.1, 0.15) is 5.82 Å². The second kappa shape index (κ2) is 5.27. The molecule has 1 aromatic carbocycles. The topological polar surface area (TPSA) is 32.3 Å². The van der Waals surface area contributed by atoms with E-state index in [9.17, 15) is 22.7 Å². The van der Waals surface area contributed by atoms with Gasteiger partial charge in [-0.3, -0.25) is 0 Å². The molecule has 1 aromatic rings. The van der Waals surface area contributed by atoms with Crippen molar-refractivity contribution in [3.8, 4) is 0 Å². The van der Waals surface area contributed by atoms with Gasteiger partial charge in [0.15, 0.2) is 0 Å². The van der Waals surface area contributed by atoms with Crippen LogP contribution in [0, 0.1) is 5.82 Å². The Morgan fingerprint density at radius 2 is 1.75 bits per heavy atom. The number of nitrogens with one attached hydrogen (secondary N) is 1. The van der Waals surface area contributed by atoms with E-state index in [1.165, 1.54) is 12.1 Å².